The molecule has 1 atom stereocenters. The zero-order chi connectivity index (χ0) is 14.5. The van der Waals surface area contributed by atoms with Crippen LogP contribution in [0.4, 0.5) is 4.39 Å². The van der Waals surface area contributed by atoms with E-state index >= 15 is 0 Å². The van der Waals surface area contributed by atoms with Crippen molar-refractivity contribution in [2.75, 3.05) is 13.2 Å². The van der Waals surface area contributed by atoms with E-state index in [9.17, 15) is 9.18 Å². The van der Waals surface area contributed by atoms with Crippen LogP contribution in [-0.2, 0) is 4.79 Å². The summed E-state index contributed by atoms with van der Waals surface area (Å²) in [6, 6.07) is 4.26. The second kappa shape index (κ2) is 6.52. The summed E-state index contributed by atoms with van der Waals surface area (Å²) in [5.74, 6) is -0.237. The average molecular weight is 268 g/mol. The fraction of sp³-hybridized carbons (Fsp3) is 0.500. The molecule has 19 heavy (non-hydrogen) atoms. The summed E-state index contributed by atoms with van der Waals surface area (Å²) < 4.78 is 18.6. The van der Waals surface area contributed by atoms with Crippen LogP contribution >= 0.6 is 0 Å². The van der Waals surface area contributed by atoms with Gasteiger partial charge in [-0.25, -0.2) is 4.39 Å². The fourth-order valence-electron chi connectivity index (χ4n) is 1.61. The molecule has 1 unspecified atom stereocenters. The number of ether oxygens (including phenoxy) is 1. The lowest BCUT2D eigenvalue weighted by Crippen LogP contribution is -2.57. The molecule has 0 aliphatic carbocycles. The molecule has 1 aromatic rings. The minimum Gasteiger partial charge on any atom is -0.491 e. The summed E-state index contributed by atoms with van der Waals surface area (Å²) in [4.78, 5) is 11.5. The molecule has 0 saturated carbocycles. The van der Waals surface area contributed by atoms with Gasteiger partial charge in [0.05, 0.1) is 0 Å². The highest BCUT2D eigenvalue weighted by Gasteiger charge is 2.31. The van der Waals surface area contributed by atoms with Gasteiger partial charge in [0, 0.05) is 0 Å². The Balaban J connectivity index is 2.73. The first-order chi connectivity index (χ1) is 8.89. The molecule has 0 spiro atoms. The van der Waals surface area contributed by atoms with Crippen LogP contribution in [0.2, 0.25) is 0 Å². The topological polar surface area (TPSA) is 64.3 Å². The summed E-state index contributed by atoms with van der Waals surface area (Å²) in [7, 11) is 0. The lowest BCUT2D eigenvalue weighted by atomic mass is 10.0. The average Bonchev–Trinajstić information content (AvgIpc) is 2.35. The standard InChI is InChI=1S/C14H21FN2O2/c1-4-7-17-14(3,13(16)18)9-19-12-6-5-11(15)8-10(12)2/h5-6,8,17H,4,7,9H2,1-3H3,(H2,16,18). The van der Waals surface area contributed by atoms with Gasteiger partial charge in [0.15, 0.2) is 0 Å². The van der Waals surface area contributed by atoms with Crippen LogP contribution in [-0.4, -0.2) is 24.6 Å². The lowest BCUT2D eigenvalue weighted by Gasteiger charge is -2.27. The number of benzene rings is 1. The van der Waals surface area contributed by atoms with Crippen molar-refractivity contribution in [2.45, 2.75) is 32.7 Å². The van der Waals surface area contributed by atoms with Crippen LogP contribution in [0.15, 0.2) is 18.2 Å². The first kappa shape index (κ1) is 15.4. The zero-order valence-electron chi connectivity index (χ0n) is 11.6. The Labute approximate surface area is 113 Å². The van der Waals surface area contributed by atoms with Crippen LogP contribution in [0, 0.1) is 12.7 Å². The summed E-state index contributed by atoms with van der Waals surface area (Å²) in [6.07, 6.45) is 0.887. The van der Waals surface area contributed by atoms with Crippen molar-refractivity contribution in [1.29, 1.82) is 0 Å². The fourth-order valence-corrected chi connectivity index (χ4v) is 1.61. The SMILES string of the molecule is CCCNC(C)(COc1ccc(F)cc1C)C(N)=O. The monoisotopic (exact) mass is 268 g/mol. The van der Waals surface area contributed by atoms with Gasteiger partial charge in [-0.1, -0.05) is 6.92 Å². The van der Waals surface area contributed by atoms with Crippen molar-refractivity contribution in [3.63, 3.8) is 0 Å². The smallest absolute Gasteiger partial charge is 0.240 e. The quantitative estimate of drug-likeness (QED) is 0.792. The molecule has 1 rings (SSSR count). The van der Waals surface area contributed by atoms with Gasteiger partial charge in [-0.05, 0) is 50.6 Å². The van der Waals surface area contributed by atoms with Gasteiger partial charge in [0.25, 0.3) is 0 Å². The highest BCUT2D eigenvalue weighted by Crippen LogP contribution is 2.19. The number of carbonyl (C=O) groups excluding carboxylic acids is 1. The summed E-state index contributed by atoms with van der Waals surface area (Å²) >= 11 is 0. The second-order valence-electron chi connectivity index (χ2n) is 4.82. The number of carbonyl (C=O) groups is 1. The van der Waals surface area contributed by atoms with Gasteiger partial charge >= 0.3 is 0 Å². The highest BCUT2D eigenvalue weighted by molar-refractivity contribution is 5.84. The Kier molecular flexibility index (Phi) is 5.30. The van der Waals surface area contributed by atoms with Crippen molar-refractivity contribution < 1.29 is 13.9 Å². The maximum atomic E-state index is 13.0. The number of nitrogens with one attached hydrogen (secondary N) is 1. The number of hydrogen-bond donors (Lipinski definition) is 2. The van der Waals surface area contributed by atoms with E-state index in [1.165, 1.54) is 12.1 Å². The van der Waals surface area contributed by atoms with Crippen LogP contribution in [0.5, 0.6) is 5.75 Å². The van der Waals surface area contributed by atoms with E-state index in [-0.39, 0.29) is 12.4 Å². The molecular formula is C14H21FN2O2. The Morgan fingerprint density at radius 3 is 2.74 bits per heavy atom. The van der Waals surface area contributed by atoms with Crippen LogP contribution < -0.4 is 15.8 Å². The number of amides is 1. The number of primary amides is 1. The minimum absolute atomic E-state index is 0.106. The maximum absolute atomic E-state index is 13.0. The molecule has 0 aliphatic rings. The molecule has 106 valence electrons. The summed E-state index contributed by atoms with van der Waals surface area (Å²) in [6.45, 7) is 6.22. The van der Waals surface area contributed by atoms with E-state index in [4.69, 9.17) is 10.5 Å². The third kappa shape index (κ3) is 4.21. The van der Waals surface area contributed by atoms with Crippen molar-refractivity contribution >= 4 is 5.91 Å². The van der Waals surface area contributed by atoms with E-state index in [2.05, 4.69) is 5.32 Å². The largest absolute Gasteiger partial charge is 0.491 e. The molecule has 0 fully saturated rings. The Morgan fingerprint density at radius 2 is 2.21 bits per heavy atom. The molecular weight excluding hydrogens is 247 g/mol. The van der Waals surface area contributed by atoms with Crippen LogP contribution in [0.1, 0.15) is 25.8 Å². The van der Waals surface area contributed by atoms with E-state index in [1.807, 2.05) is 6.92 Å². The predicted octanol–water partition coefficient (Wildman–Crippen LogP) is 1.76. The number of rotatable bonds is 7. The number of nitrogens with two attached hydrogens (primary N) is 1. The zero-order valence-corrected chi connectivity index (χ0v) is 11.6. The molecule has 0 heterocycles. The third-order valence-electron chi connectivity index (χ3n) is 2.96. The third-order valence-corrected chi connectivity index (χ3v) is 2.96. The maximum Gasteiger partial charge on any atom is 0.240 e. The number of aryl methyl sites for hydroxylation is 1. The molecule has 4 nitrogen and oxygen atoms in total. The molecule has 1 amide bonds. The van der Waals surface area contributed by atoms with Crippen LogP contribution in [0.3, 0.4) is 0 Å². The van der Waals surface area contributed by atoms with Crippen molar-refractivity contribution in [1.82, 2.24) is 5.32 Å². The van der Waals surface area contributed by atoms with E-state index < -0.39 is 11.4 Å². The molecule has 0 bridgehead atoms. The molecule has 5 heteroatoms. The van der Waals surface area contributed by atoms with Crippen molar-refractivity contribution in [2.24, 2.45) is 5.73 Å². The minimum atomic E-state index is -0.934. The molecule has 0 aliphatic heterocycles. The van der Waals surface area contributed by atoms with Gasteiger partial charge in [-0.3, -0.25) is 4.79 Å². The normalized spacial score (nSPS) is 13.9. The summed E-state index contributed by atoms with van der Waals surface area (Å²) in [5, 5.41) is 3.07. The Morgan fingerprint density at radius 1 is 1.53 bits per heavy atom. The summed E-state index contributed by atoms with van der Waals surface area (Å²) in [5.41, 5.74) is 5.15. The second-order valence-corrected chi connectivity index (χ2v) is 4.82. The Bertz CT molecular complexity index is 451. The van der Waals surface area contributed by atoms with Crippen molar-refractivity contribution in [3.8, 4) is 5.75 Å². The van der Waals surface area contributed by atoms with Gasteiger partial charge in [-0.15, -0.1) is 0 Å². The number of hydrogen-bond acceptors (Lipinski definition) is 3. The van der Waals surface area contributed by atoms with Gasteiger partial charge in [0.1, 0.15) is 23.7 Å². The Hall–Kier alpha value is -1.62. The van der Waals surface area contributed by atoms with Gasteiger partial charge < -0.3 is 15.8 Å². The first-order valence-corrected chi connectivity index (χ1v) is 6.33. The highest BCUT2D eigenvalue weighted by atomic mass is 19.1. The van der Waals surface area contributed by atoms with Crippen molar-refractivity contribution in [3.05, 3.63) is 29.6 Å². The lowest BCUT2D eigenvalue weighted by molar-refractivity contribution is -0.125. The molecule has 1 aromatic carbocycles. The first-order valence-electron chi connectivity index (χ1n) is 6.33. The van der Waals surface area contributed by atoms with E-state index in [1.54, 1.807) is 19.9 Å². The van der Waals surface area contributed by atoms with Crippen LogP contribution in [0.25, 0.3) is 0 Å². The predicted molar refractivity (Wildman–Crippen MR) is 72.5 cm³/mol. The molecule has 0 saturated heterocycles. The van der Waals surface area contributed by atoms with E-state index in [0.29, 0.717) is 17.9 Å². The molecule has 3 N–H and O–H groups in total. The molecule has 0 radical (unpaired) electrons. The molecule has 0 aromatic heterocycles. The van der Waals surface area contributed by atoms with Gasteiger partial charge in [0.2, 0.25) is 5.91 Å². The van der Waals surface area contributed by atoms with Gasteiger partial charge in [-0.2, -0.15) is 0 Å². The number of halogens is 1. The van der Waals surface area contributed by atoms with E-state index in [0.717, 1.165) is 6.42 Å².